The summed E-state index contributed by atoms with van der Waals surface area (Å²) in [7, 11) is 0. The molecule has 6 nitrogen and oxygen atoms in total. The van der Waals surface area contributed by atoms with E-state index in [-0.39, 0.29) is 5.91 Å². The van der Waals surface area contributed by atoms with Gasteiger partial charge in [0.1, 0.15) is 0 Å². The Hall–Kier alpha value is -1.86. The van der Waals surface area contributed by atoms with Crippen molar-refractivity contribution in [3.05, 3.63) is 41.2 Å². The summed E-state index contributed by atoms with van der Waals surface area (Å²) in [6.45, 7) is 3.88. The van der Waals surface area contributed by atoms with Gasteiger partial charge in [0.25, 0.3) is 5.91 Å². The van der Waals surface area contributed by atoms with Gasteiger partial charge in [-0.2, -0.15) is 11.8 Å². The van der Waals surface area contributed by atoms with Crippen LogP contribution in [0.4, 0.5) is 5.69 Å². The Labute approximate surface area is 152 Å². The van der Waals surface area contributed by atoms with E-state index in [2.05, 4.69) is 39.3 Å². The van der Waals surface area contributed by atoms with Crippen molar-refractivity contribution in [2.75, 3.05) is 30.4 Å². The van der Waals surface area contributed by atoms with E-state index in [0.29, 0.717) is 11.7 Å². The monoisotopic (exact) mass is 359 g/mol. The number of nitrogens with zero attached hydrogens (tertiary/aromatic N) is 3. The highest BCUT2D eigenvalue weighted by Crippen LogP contribution is 2.21. The molecule has 7 heteroatoms. The molecule has 134 valence electrons. The van der Waals surface area contributed by atoms with Crippen molar-refractivity contribution in [2.45, 2.75) is 32.2 Å². The first-order valence-corrected chi connectivity index (χ1v) is 10.1. The second-order valence-electron chi connectivity index (χ2n) is 6.34. The Bertz CT molecular complexity index is 707. The third-order valence-corrected chi connectivity index (χ3v) is 5.22. The average Bonchev–Trinajstić information content (AvgIpc) is 3.03. The van der Waals surface area contributed by atoms with E-state index in [1.54, 1.807) is 0 Å². The van der Waals surface area contributed by atoms with Crippen LogP contribution in [0, 0.1) is 6.92 Å². The number of nitrogens with one attached hydrogen (secondary N) is 2. The third-order valence-electron chi connectivity index (χ3n) is 4.60. The molecule has 2 heterocycles. The quantitative estimate of drug-likeness (QED) is 0.830. The maximum absolute atomic E-state index is 12.5. The lowest BCUT2D eigenvalue weighted by Gasteiger charge is -2.23. The molecule has 2 N–H and O–H groups in total. The molecule has 1 aliphatic heterocycles. The standard InChI is InChI=1S/C18H25N5OS/c1-13-17(21-22-23(13)16-7-10-19-11-8-16)18(24)20-15-5-3-14(4-6-15)9-12-25-2/h3-6,16,19H,7-12H2,1-2H3,(H,20,24). The highest BCUT2D eigenvalue weighted by Gasteiger charge is 2.22. The highest BCUT2D eigenvalue weighted by atomic mass is 32.2. The fourth-order valence-corrected chi connectivity index (χ4v) is 3.55. The predicted molar refractivity (Wildman–Crippen MR) is 102 cm³/mol. The summed E-state index contributed by atoms with van der Waals surface area (Å²) < 4.78 is 1.90. The first-order chi connectivity index (χ1) is 12.2. The Morgan fingerprint density at radius 2 is 2.04 bits per heavy atom. The topological polar surface area (TPSA) is 71.8 Å². The summed E-state index contributed by atoms with van der Waals surface area (Å²) in [5.41, 5.74) is 3.31. The Balaban J connectivity index is 1.66. The van der Waals surface area contributed by atoms with Gasteiger partial charge in [-0.3, -0.25) is 4.79 Å². The van der Waals surface area contributed by atoms with Crippen LogP contribution in [-0.2, 0) is 6.42 Å². The number of rotatable bonds is 6. The normalized spacial score (nSPS) is 15.3. The zero-order chi connectivity index (χ0) is 17.6. The van der Waals surface area contributed by atoms with Gasteiger partial charge in [0, 0.05) is 5.69 Å². The van der Waals surface area contributed by atoms with Gasteiger partial charge in [-0.15, -0.1) is 5.10 Å². The van der Waals surface area contributed by atoms with Gasteiger partial charge in [0.15, 0.2) is 5.69 Å². The smallest absolute Gasteiger partial charge is 0.278 e. The number of hydrogen-bond donors (Lipinski definition) is 2. The number of aryl methyl sites for hydroxylation is 1. The van der Waals surface area contributed by atoms with Gasteiger partial charge in [0.2, 0.25) is 0 Å². The zero-order valence-electron chi connectivity index (χ0n) is 14.8. The molecule has 25 heavy (non-hydrogen) atoms. The van der Waals surface area contributed by atoms with Crippen LogP contribution in [0.15, 0.2) is 24.3 Å². The van der Waals surface area contributed by atoms with Crippen molar-refractivity contribution >= 4 is 23.4 Å². The van der Waals surface area contributed by atoms with E-state index in [1.807, 2.05) is 35.5 Å². The number of amides is 1. The van der Waals surface area contributed by atoms with Crippen molar-refractivity contribution < 1.29 is 4.79 Å². The van der Waals surface area contributed by atoms with Crippen molar-refractivity contribution in [2.24, 2.45) is 0 Å². The highest BCUT2D eigenvalue weighted by molar-refractivity contribution is 7.98. The number of carbonyl (C=O) groups is 1. The molecule has 1 saturated heterocycles. The molecule has 0 radical (unpaired) electrons. The summed E-state index contributed by atoms with van der Waals surface area (Å²) in [4.78, 5) is 12.5. The van der Waals surface area contributed by atoms with Crippen LogP contribution >= 0.6 is 11.8 Å². The van der Waals surface area contributed by atoms with Crippen LogP contribution in [0.1, 0.15) is 40.6 Å². The number of aromatic nitrogens is 3. The number of thioether (sulfide) groups is 1. The lowest BCUT2D eigenvalue weighted by molar-refractivity contribution is 0.102. The van der Waals surface area contributed by atoms with Gasteiger partial charge in [-0.05, 0) is 69.0 Å². The van der Waals surface area contributed by atoms with Crippen molar-refractivity contribution in [3.8, 4) is 0 Å². The van der Waals surface area contributed by atoms with E-state index >= 15 is 0 Å². The van der Waals surface area contributed by atoms with Crippen LogP contribution in [0.3, 0.4) is 0 Å². The second kappa shape index (κ2) is 8.49. The Kier molecular flexibility index (Phi) is 6.09. The minimum Gasteiger partial charge on any atom is -0.321 e. The van der Waals surface area contributed by atoms with Gasteiger partial charge < -0.3 is 10.6 Å². The van der Waals surface area contributed by atoms with Gasteiger partial charge in [0.05, 0.1) is 11.7 Å². The summed E-state index contributed by atoms with van der Waals surface area (Å²) in [6.07, 6.45) is 5.18. The van der Waals surface area contributed by atoms with Crippen LogP contribution in [0.2, 0.25) is 0 Å². The van der Waals surface area contributed by atoms with Crippen LogP contribution in [0.25, 0.3) is 0 Å². The summed E-state index contributed by atoms with van der Waals surface area (Å²) in [5, 5.41) is 14.6. The van der Waals surface area contributed by atoms with E-state index in [9.17, 15) is 4.79 Å². The summed E-state index contributed by atoms with van der Waals surface area (Å²) in [6, 6.07) is 8.33. The SMILES string of the molecule is CSCCc1ccc(NC(=O)c2nnn(C3CCNCC3)c2C)cc1. The van der Waals surface area contributed by atoms with Crippen LogP contribution in [0.5, 0.6) is 0 Å². The minimum atomic E-state index is -0.199. The fourth-order valence-electron chi connectivity index (χ4n) is 3.11. The molecule has 0 aliphatic carbocycles. The van der Waals surface area contributed by atoms with E-state index in [1.165, 1.54) is 5.56 Å². The number of hydrogen-bond acceptors (Lipinski definition) is 5. The van der Waals surface area contributed by atoms with E-state index in [0.717, 1.165) is 49.5 Å². The molecule has 2 aromatic rings. The summed E-state index contributed by atoms with van der Waals surface area (Å²) in [5.74, 6) is 0.902. The van der Waals surface area contributed by atoms with Gasteiger partial charge in [-0.25, -0.2) is 4.68 Å². The molecule has 1 aliphatic rings. The molecular formula is C18H25N5OS. The van der Waals surface area contributed by atoms with Crippen molar-refractivity contribution in [3.63, 3.8) is 0 Å². The molecular weight excluding hydrogens is 334 g/mol. The number of carbonyl (C=O) groups excluding carboxylic acids is 1. The van der Waals surface area contributed by atoms with E-state index in [4.69, 9.17) is 0 Å². The minimum absolute atomic E-state index is 0.199. The Morgan fingerprint density at radius 3 is 2.72 bits per heavy atom. The third kappa shape index (κ3) is 4.41. The Morgan fingerprint density at radius 1 is 1.32 bits per heavy atom. The average molecular weight is 359 g/mol. The zero-order valence-corrected chi connectivity index (χ0v) is 15.6. The molecule has 0 bridgehead atoms. The molecule has 3 rings (SSSR count). The summed E-state index contributed by atoms with van der Waals surface area (Å²) >= 11 is 1.83. The number of anilines is 1. The van der Waals surface area contributed by atoms with Crippen molar-refractivity contribution in [1.29, 1.82) is 0 Å². The molecule has 0 spiro atoms. The molecule has 0 saturated carbocycles. The molecule has 1 fully saturated rings. The van der Waals surface area contributed by atoms with Gasteiger partial charge in [-0.1, -0.05) is 17.3 Å². The van der Waals surface area contributed by atoms with Crippen LogP contribution in [-0.4, -0.2) is 46.0 Å². The predicted octanol–water partition coefficient (Wildman–Crippen LogP) is 2.67. The molecule has 0 unspecified atom stereocenters. The second-order valence-corrected chi connectivity index (χ2v) is 7.33. The molecule has 1 amide bonds. The largest absolute Gasteiger partial charge is 0.321 e. The lowest BCUT2D eigenvalue weighted by Crippen LogP contribution is -2.30. The van der Waals surface area contributed by atoms with Crippen LogP contribution < -0.4 is 10.6 Å². The van der Waals surface area contributed by atoms with E-state index < -0.39 is 0 Å². The first kappa shape index (κ1) is 17.9. The maximum Gasteiger partial charge on any atom is 0.278 e. The molecule has 0 atom stereocenters. The molecule has 1 aromatic carbocycles. The molecule has 1 aromatic heterocycles. The van der Waals surface area contributed by atoms with Gasteiger partial charge >= 0.3 is 0 Å². The van der Waals surface area contributed by atoms with Crippen molar-refractivity contribution in [1.82, 2.24) is 20.3 Å². The number of benzene rings is 1. The number of piperidine rings is 1. The lowest BCUT2D eigenvalue weighted by atomic mass is 10.1. The maximum atomic E-state index is 12.5. The first-order valence-electron chi connectivity index (χ1n) is 8.70. The fraction of sp³-hybridized carbons (Fsp3) is 0.500.